The molecule has 2 rings (SSSR count). The molecule has 0 aromatic heterocycles. The molecule has 1 amide bonds. The van der Waals surface area contributed by atoms with Crippen molar-refractivity contribution in [2.75, 3.05) is 6.54 Å². The highest BCUT2D eigenvalue weighted by molar-refractivity contribution is 5.91. The van der Waals surface area contributed by atoms with Gasteiger partial charge in [0.25, 0.3) is 0 Å². The van der Waals surface area contributed by atoms with Crippen LogP contribution in [0.4, 0.5) is 0 Å². The number of hydrogen-bond donors (Lipinski definition) is 1. The minimum atomic E-state index is -0.792. The quantitative estimate of drug-likeness (QED) is 0.389. The molecule has 1 fully saturated rings. The van der Waals surface area contributed by atoms with E-state index in [-0.39, 0.29) is 24.2 Å². The minimum absolute atomic E-state index is 0.0309. The van der Waals surface area contributed by atoms with Crippen molar-refractivity contribution in [2.45, 2.75) is 51.0 Å². The number of amides is 1. The first-order valence-corrected chi connectivity index (χ1v) is 9.47. The van der Waals surface area contributed by atoms with Crippen LogP contribution < -0.4 is 0 Å². The molecule has 144 valence electrons. The molecule has 1 heterocycles. The molecule has 0 radical (unpaired) electrons. The lowest BCUT2D eigenvalue weighted by Crippen LogP contribution is -2.42. The van der Waals surface area contributed by atoms with E-state index in [0.29, 0.717) is 32.2 Å². The predicted octanol–water partition coefficient (Wildman–Crippen LogP) is 3.55. The number of hydrogen-bond acceptors (Lipinski definition) is 3. The van der Waals surface area contributed by atoms with Crippen molar-refractivity contribution in [1.29, 1.82) is 0 Å². The second-order valence-electron chi connectivity index (χ2n) is 6.75. The van der Waals surface area contributed by atoms with Gasteiger partial charge in [-0.2, -0.15) is 0 Å². The normalized spacial score (nSPS) is 17.7. The van der Waals surface area contributed by atoms with Crippen LogP contribution >= 0.6 is 0 Å². The summed E-state index contributed by atoms with van der Waals surface area (Å²) in [6.07, 6.45) is 11.3. The Morgan fingerprint density at radius 2 is 1.96 bits per heavy atom. The zero-order valence-electron chi connectivity index (χ0n) is 15.5. The van der Waals surface area contributed by atoms with Crippen LogP contribution in [0.3, 0.4) is 0 Å². The number of carboxylic acids is 1. The number of carboxylic acid groups (broad SMARTS) is 1. The van der Waals surface area contributed by atoms with Gasteiger partial charge in [-0.3, -0.25) is 14.4 Å². The smallest absolute Gasteiger partial charge is 0.303 e. The third kappa shape index (κ3) is 7.60. The Bertz CT molecular complexity index is 694. The number of ketones is 1. The van der Waals surface area contributed by atoms with E-state index in [1.807, 2.05) is 48.6 Å². The Labute approximate surface area is 160 Å². The maximum absolute atomic E-state index is 12.2. The van der Waals surface area contributed by atoms with Gasteiger partial charge in [-0.1, -0.05) is 48.6 Å². The largest absolute Gasteiger partial charge is 0.481 e. The second-order valence-corrected chi connectivity index (χ2v) is 6.75. The molecule has 5 nitrogen and oxygen atoms in total. The van der Waals surface area contributed by atoms with Gasteiger partial charge in [0.05, 0.1) is 6.04 Å². The third-order valence-corrected chi connectivity index (χ3v) is 4.57. The standard InChI is InChI=1S/C22H27NO4/c24-20(17-18-9-4-3-5-10-18)15-14-19-11-8-12-21(25)23(19)16-7-2-1-6-13-22(26)27/h2-5,7,9-10,14-15,19H,1,6,8,11-13,16-17H2,(H,26,27)/b7-2-,15-14+. The predicted molar refractivity (Wildman–Crippen MR) is 104 cm³/mol. The molecular formula is C22H27NO4. The molecule has 1 N–H and O–H groups in total. The van der Waals surface area contributed by atoms with Gasteiger partial charge < -0.3 is 10.0 Å². The SMILES string of the molecule is O=C(O)CCC/C=C\CN1C(=O)CCCC1/C=C/C(=O)Cc1ccccc1. The molecule has 0 spiro atoms. The minimum Gasteiger partial charge on any atom is -0.481 e. The number of unbranched alkanes of at least 4 members (excludes halogenated alkanes) is 1. The number of piperidine rings is 1. The Morgan fingerprint density at radius 1 is 1.19 bits per heavy atom. The van der Waals surface area contributed by atoms with Crippen LogP contribution in [0.15, 0.2) is 54.6 Å². The van der Waals surface area contributed by atoms with Gasteiger partial charge in [0.15, 0.2) is 5.78 Å². The summed E-state index contributed by atoms with van der Waals surface area (Å²) < 4.78 is 0. The molecule has 1 aromatic rings. The lowest BCUT2D eigenvalue weighted by Gasteiger charge is -2.33. The summed E-state index contributed by atoms with van der Waals surface area (Å²) in [5.74, 6) is -0.662. The molecule has 1 aromatic carbocycles. The highest BCUT2D eigenvalue weighted by Crippen LogP contribution is 2.19. The van der Waals surface area contributed by atoms with Crippen molar-refractivity contribution in [3.05, 3.63) is 60.2 Å². The topological polar surface area (TPSA) is 74.7 Å². The summed E-state index contributed by atoms with van der Waals surface area (Å²) in [5.41, 5.74) is 0.980. The van der Waals surface area contributed by atoms with Gasteiger partial charge in [-0.15, -0.1) is 0 Å². The van der Waals surface area contributed by atoms with Gasteiger partial charge in [-0.25, -0.2) is 0 Å². The van der Waals surface area contributed by atoms with E-state index in [1.165, 1.54) is 0 Å². The van der Waals surface area contributed by atoms with E-state index >= 15 is 0 Å². The summed E-state index contributed by atoms with van der Waals surface area (Å²) in [7, 11) is 0. The Morgan fingerprint density at radius 3 is 2.70 bits per heavy atom. The van der Waals surface area contributed by atoms with Crippen molar-refractivity contribution in [2.24, 2.45) is 0 Å². The Balaban J connectivity index is 1.86. The molecule has 0 bridgehead atoms. The number of aliphatic carboxylic acids is 1. The number of allylic oxidation sites excluding steroid dienone is 2. The summed E-state index contributed by atoms with van der Waals surface area (Å²) in [6, 6.07) is 9.54. The third-order valence-electron chi connectivity index (χ3n) is 4.57. The maximum Gasteiger partial charge on any atom is 0.303 e. The van der Waals surface area contributed by atoms with Gasteiger partial charge >= 0.3 is 5.97 Å². The van der Waals surface area contributed by atoms with Crippen LogP contribution in [0.25, 0.3) is 0 Å². The highest BCUT2D eigenvalue weighted by atomic mass is 16.4. The van der Waals surface area contributed by atoms with Crippen LogP contribution in [0.5, 0.6) is 0 Å². The molecule has 0 aliphatic carbocycles. The fourth-order valence-corrected chi connectivity index (χ4v) is 3.14. The molecule has 27 heavy (non-hydrogen) atoms. The Hall–Kier alpha value is -2.69. The van der Waals surface area contributed by atoms with Crippen molar-refractivity contribution in [3.63, 3.8) is 0 Å². The molecule has 0 saturated carbocycles. The van der Waals surface area contributed by atoms with E-state index in [1.54, 1.807) is 11.0 Å². The summed E-state index contributed by atoms with van der Waals surface area (Å²) in [5, 5.41) is 8.63. The average molecular weight is 369 g/mol. The van der Waals surface area contributed by atoms with Crippen molar-refractivity contribution in [1.82, 2.24) is 4.90 Å². The van der Waals surface area contributed by atoms with Crippen LogP contribution in [0, 0.1) is 0 Å². The van der Waals surface area contributed by atoms with Crippen LogP contribution in [0.2, 0.25) is 0 Å². The molecule has 1 unspecified atom stereocenters. The van der Waals surface area contributed by atoms with E-state index in [4.69, 9.17) is 5.11 Å². The fraction of sp³-hybridized carbons (Fsp3) is 0.409. The molecule has 1 atom stereocenters. The molecular weight excluding hydrogens is 342 g/mol. The van der Waals surface area contributed by atoms with E-state index < -0.39 is 5.97 Å². The van der Waals surface area contributed by atoms with E-state index in [9.17, 15) is 14.4 Å². The average Bonchev–Trinajstić information content (AvgIpc) is 2.65. The fourth-order valence-electron chi connectivity index (χ4n) is 3.14. The molecule has 1 aliphatic heterocycles. The summed E-state index contributed by atoms with van der Waals surface area (Å²) >= 11 is 0. The number of carbonyl (C=O) groups excluding carboxylic acids is 2. The van der Waals surface area contributed by atoms with Crippen LogP contribution in [-0.2, 0) is 20.8 Å². The number of benzene rings is 1. The molecule has 1 aliphatic rings. The van der Waals surface area contributed by atoms with Gasteiger partial charge in [-0.05, 0) is 37.3 Å². The van der Waals surface area contributed by atoms with Crippen LogP contribution in [-0.4, -0.2) is 40.3 Å². The zero-order chi connectivity index (χ0) is 19.5. The van der Waals surface area contributed by atoms with Crippen LogP contribution in [0.1, 0.15) is 44.1 Å². The second kappa shape index (κ2) is 11.1. The number of likely N-dealkylation sites (tertiary alicyclic amines) is 1. The molecule has 1 saturated heterocycles. The monoisotopic (exact) mass is 369 g/mol. The first kappa shape index (κ1) is 20.6. The number of carbonyl (C=O) groups is 3. The van der Waals surface area contributed by atoms with E-state index in [0.717, 1.165) is 18.4 Å². The zero-order valence-corrected chi connectivity index (χ0v) is 15.5. The maximum atomic E-state index is 12.2. The van der Waals surface area contributed by atoms with Gasteiger partial charge in [0.2, 0.25) is 5.91 Å². The lowest BCUT2D eigenvalue weighted by atomic mass is 10.00. The number of nitrogens with zero attached hydrogens (tertiary/aromatic N) is 1. The summed E-state index contributed by atoms with van der Waals surface area (Å²) in [6.45, 7) is 0.494. The van der Waals surface area contributed by atoms with E-state index in [2.05, 4.69) is 0 Å². The number of rotatable bonds is 10. The van der Waals surface area contributed by atoms with Gasteiger partial charge in [0.1, 0.15) is 0 Å². The van der Waals surface area contributed by atoms with Crippen molar-refractivity contribution >= 4 is 17.7 Å². The van der Waals surface area contributed by atoms with Crippen molar-refractivity contribution < 1.29 is 19.5 Å². The van der Waals surface area contributed by atoms with Gasteiger partial charge in [0, 0.05) is 25.8 Å². The Kier molecular flexibility index (Phi) is 8.49. The van der Waals surface area contributed by atoms with Crippen molar-refractivity contribution in [3.8, 4) is 0 Å². The summed E-state index contributed by atoms with van der Waals surface area (Å²) in [4.78, 5) is 36.7. The highest BCUT2D eigenvalue weighted by Gasteiger charge is 2.25. The lowest BCUT2D eigenvalue weighted by molar-refractivity contribution is -0.137. The first-order chi connectivity index (χ1) is 13.1. The first-order valence-electron chi connectivity index (χ1n) is 9.47. The molecule has 5 heteroatoms.